The molecular weight excluding hydrogens is 210 g/mol. The van der Waals surface area contributed by atoms with Crippen molar-refractivity contribution in [1.29, 1.82) is 0 Å². The van der Waals surface area contributed by atoms with Crippen LogP contribution in [-0.4, -0.2) is 9.55 Å². The fourth-order valence-corrected chi connectivity index (χ4v) is 2.29. The molecule has 2 aromatic rings. The molecule has 0 saturated carbocycles. The van der Waals surface area contributed by atoms with Crippen molar-refractivity contribution in [3.05, 3.63) is 24.0 Å². The van der Waals surface area contributed by atoms with E-state index in [1.54, 1.807) is 0 Å². The topological polar surface area (TPSA) is 43.8 Å². The molecule has 0 amide bonds. The molecule has 0 saturated heterocycles. The number of aromatic nitrogens is 2. The van der Waals surface area contributed by atoms with E-state index < -0.39 is 0 Å². The molecule has 0 aliphatic heterocycles. The number of hydrogen-bond acceptors (Lipinski definition) is 2. The van der Waals surface area contributed by atoms with Gasteiger partial charge in [0.2, 0.25) is 0 Å². The van der Waals surface area contributed by atoms with Crippen LogP contribution in [0.4, 0.5) is 5.69 Å². The van der Waals surface area contributed by atoms with Gasteiger partial charge < -0.3 is 10.3 Å². The minimum Gasteiger partial charge on any atom is -0.399 e. The van der Waals surface area contributed by atoms with Gasteiger partial charge in [0.25, 0.3) is 0 Å². The maximum Gasteiger partial charge on any atom is 0.110 e. The van der Waals surface area contributed by atoms with E-state index in [0.29, 0.717) is 0 Å². The molecule has 2 rings (SSSR count). The smallest absolute Gasteiger partial charge is 0.110 e. The Morgan fingerprint density at radius 3 is 2.59 bits per heavy atom. The number of hydrogen-bond donors (Lipinski definition) is 1. The van der Waals surface area contributed by atoms with Gasteiger partial charge in [-0.2, -0.15) is 0 Å². The Bertz CT molecular complexity index is 532. The minimum absolute atomic E-state index is 0.0510. The van der Waals surface area contributed by atoms with Crippen LogP contribution in [0.25, 0.3) is 11.0 Å². The molecule has 0 unspecified atom stereocenters. The molecule has 3 heteroatoms. The van der Waals surface area contributed by atoms with Crippen molar-refractivity contribution in [2.75, 3.05) is 5.73 Å². The lowest BCUT2D eigenvalue weighted by Crippen LogP contribution is -2.24. The molecule has 0 atom stereocenters. The van der Waals surface area contributed by atoms with E-state index in [1.165, 1.54) is 5.52 Å². The summed E-state index contributed by atoms with van der Waals surface area (Å²) >= 11 is 0. The predicted octanol–water partition coefficient (Wildman–Crippen LogP) is 3.33. The van der Waals surface area contributed by atoms with Gasteiger partial charge in [0.05, 0.1) is 11.0 Å². The quantitative estimate of drug-likeness (QED) is 0.806. The van der Waals surface area contributed by atoms with Crippen molar-refractivity contribution in [2.24, 2.45) is 0 Å². The fraction of sp³-hybridized carbons (Fsp3) is 0.500. The number of aryl methyl sites for hydroxylation is 1. The van der Waals surface area contributed by atoms with E-state index in [9.17, 15) is 0 Å². The third-order valence-electron chi connectivity index (χ3n) is 2.89. The largest absolute Gasteiger partial charge is 0.399 e. The first kappa shape index (κ1) is 12.0. The first-order valence-corrected chi connectivity index (χ1v) is 6.21. The van der Waals surface area contributed by atoms with E-state index >= 15 is 0 Å². The molecule has 3 nitrogen and oxygen atoms in total. The van der Waals surface area contributed by atoms with Crippen molar-refractivity contribution in [2.45, 2.75) is 46.1 Å². The van der Waals surface area contributed by atoms with Crippen LogP contribution >= 0.6 is 0 Å². The molecule has 0 aliphatic carbocycles. The van der Waals surface area contributed by atoms with Crippen molar-refractivity contribution in [1.82, 2.24) is 9.55 Å². The summed E-state index contributed by atoms with van der Waals surface area (Å²) in [4.78, 5) is 4.71. The Morgan fingerprint density at radius 2 is 2.00 bits per heavy atom. The van der Waals surface area contributed by atoms with Crippen molar-refractivity contribution < 1.29 is 0 Å². The van der Waals surface area contributed by atoms with Gasteiger partial charge in [0.1, 0.15) is 5.82 Å². The second kappa shape index (κ2) is 4.06. The molecule has 1 aromatic heterocycles. The summed E-state index contributed by atoms with van der Waals surface area (Å²) in [5.74, 6) is 1.15. The van der Waals surface area contributed by atoms with Crippen LogP contribution in [0.5, 0.6) is 0 Å². The van der Waals surface area contributed by atoms with Crippen LogP contribution in [-0.2, 0) is 12.0 Å². The lowest BCUT2D eigenvalue weighted by Gasteiger charge is -2.24. The van der Waals surface area contributed by atoms with Gasteiger partial charge >= 0.3 is 0 Å². The standard InChI is InChI=1S/C14H21N3/c1-5-6-13-16-11-9-10(15)7-8-12(11)17(13)14(2,3)4/h7-9H,5-6,15H2,1-4H3. The number of nitrogen functional groups attached to an aromatic ring is 1. The maximum absolute atomic E-state index is 5.82. The highest BCUT2D eigenvalue weighted by Gasteiger charge is 2.20. The molecule has 0 bridgehead atoms. The highest BCUT2D eigenvalue weighted by molar-refractivity contribution is 5.80. The molecule has 0 aliphatic rings. The summed E-state index contributed by atoms with van der Waals surface area (Å²) < 4.78 is 2.32. The number of imidazole rings is 1. The molecule has 1 aromatic carbocycles. The molecule has 92 valence electrons. The lowest BCUT2D eigenvalue weighted by molar-refractivity contribution is 0.393. The van der Waals surface area contributed by atoms with Crippen LogP contribution in [0.2, 0.25) is 0 Å². The van der Waals surface area contributed by atoms with E-state index in [4.69, 9.17) is 10.7 Å². The number of anilines is 1. The molecular formula is C14H21N3. The second-order valence-electron chi connectivity index (χ2n) is 5.53. The zero-order chi connectivity index (χ0) is 12.6. The Labute approximate surface area is 103 Å². The summed E-state index contributed by atoms with van der Waals surface area (Å²) in [5, 5.41) is 0. The van der Waals surface area contributed by atoms with Gasteiger partial charge in [-0.05, 0) is 45.4 Å². The average molecular weight is 231 g/mol. The third kappa shape index (κ3) is 2.14. The van der Waals surface area contributed by atoms with Crippen molar-refractivity contribution >= 4 is 16.7 Å². The second-order valence-corrected chi connectivity index (χ2v) is 5.53. The molecule has 1 heterocycles. The van der Waals surface area contributed by atoms with Gasteiger partial charge in [0, 0.05) is 17.6 Å². The summed E-state index contributed by atoms with van der Waals surface area (Å²) in [6, 6.07) is 5.97. The van der Waals surface area contributed by atoms with E-state index in [-0.39, 0.29) is 5.54 Å². The van der Waals surface area contributed by atoms with Gasteiger partial charge in [0.15, 0.2) is 0 Å². The highest BCUT2D eigenvalue weighted by Crippen LogP contribution is 2.27. The zero-order valence-corrected chi connectivity index (χ0v) is 11.1. The fourth-order valence-electron chi connectivity index (χ4n) is 2.29. The predicted molar refractivity (Wildman–Crippen MR) is 73.1 cm³/mol. The number of benzene rings is 1. The first-order chi connectivity index (χ1) is 7.93. The van der Waals surface area contributed by atoms with Crippen LogP contribution in [0, 0.1) is 0 Å². The van der Waals surface area contributed by atoms with Gasteiger partial charge in [-0.1, -0.05) is 6.92 Å². The lowest BCUT2D eigenvalue weighted by atomic mass is 10.1. The number of nitrogens with zero attached hydrogens (tertiary/aromatic N) is 2. The molecule has 0 spiro atoms. The number of rotatable bonds is 2. The van der Waals surface area contributed by atoms with Crippen LogP contribution in [0.15, 0.2) is 18.2 Å². The normalized spacial score (nSPS) is 12.2. The highest BCUT2D eigenvalue weighted by atomic mass is 15.1. The maximum atomic E-state index is 5.82. The van der Waals surface area contributed by atoms with Gasteiger partial charge in [-0.25, -0.2) is 4.98 Å². The summed E-state index contributed by atoms with van der Waals surface area (Å²) in [7, 11) is 0. The number of fused-ring (bicyclic) bond motifs is 1. The van der Waals surface area contributed by atoms with E-state index in [2.05, 4.69) is 38.3 Å². The van der Waals surface area contributed by atoms with Crippen LogP contribution in [0.3, 0.4) is 0 Å². The molecule has 0 radical (unpaired) electrons. The van der Waals surface area contributed by atoms with Crippen LogP contribution in [0.1, 0.15) is 39.9 Å². The van der Waals surface area contributed by atoms with Gasteiger partial charge in [-0.3, -0.25) is 0 Å². The Hall–Kier alpha value is -1.51. The van der Waals surface area contributed by atoms with Crippen LogP contribution < -0.4 is 5.73 Å². The molecule has 17 heavy (non-hydrogen) atoms. The number of nitrogens with two attached hydrogens (primary N) is 1. The Balaban J connectivity index is 2.71. The first-order valence-electron chi connectivity index (χ1n) is 6.21. The monoisotopic (exact) mass is 231 g/mol. The molecule has 0 fully saturated rings. The van der Waals surface area contributed by atoms with E-state index in [1.807, 2.05) is 12.1 Å². The summed E-state index contributed by atoms with van der Waals surface area (Å²) in [6.45, 7) is 8.82. The zero-order valence-electron chi connectivity index (χ0n) is 11.1. The van der Waals surface area contributed by atoms with Crippen molar-refractivity contribution in [3.8, 4) is 0 Å². The van der Waals surface area contributed by atoms with E-state index in [0.717, 1.165) is 29.9 Å². The third-order valence-corrected chi connectivity index (χ3v) is 2.89. The van der Waals surface area contributed by atoms with Crippen molar-refractivity contribution in [3.63, 3.8) is 0 Å². The Morgan fingerprint density at radius 1 is 1.29 bits per heavy atom. The average Bonchev–Trinajstić information content (AvgIpc) is 2.54. The summed E-state index contributed by atoms with van der Waals surface area (Å²) in [6.07, 6.45) is 2.11. The summed E-state index contributed by atoms with van der Waals surface area (Å²) in [5.41, 5.74) is 8.82. The Kier molecular flexibility index (Phi) is 2.86. The minimum atomic E-state index is 0.0510. The van der Waals surface area contributed by atoms with Gasteiger partial charge in [-0.15, -0.1) is 0 Å². The SMILES string of the molecule is CCCc1nc2cc(N)ccc2n1C(C)(C)C. The molecule has 2 N–H and O–H groups in total.